The monoisotopic (exact) mass is 295 g/mol. The summed E-state index contributed by atoms with van der Waals surface area (Å²) in [5.74, 6) is 0.322. The Hall–Kier alpha value is -0.990. The molecule has 0 atom stereocenters. The van der Waals surface area contributed by atoms with Crippen LogP contribution in [0.5, 0.6) is 5.75 Å². The fourth-order valence-corrected chi connectivity index (χ4v) is 1.21. The highest BCUT2D eigenvalue weighted by Gasteiger charge is 2.27. The SMILES string of the molecule is NC(CO)(CO)COP(=O)(O)O.Oc1ccccc1. The van der Waals surface area contributed by atoms with E-state index < -0.39 is 33.2 Å². The van der Waals surface area contributed by atoms with Gasteiger partial charge in [0.2, 0.25) is 0 Å². The molecule has 0 bridgehead atoms. The molecule has 0 heterocycles. The Bertz CT molecular complexity index is 390. The number of hydrogen-bond donors (Lipinski definition) is 6. The highest BCUT2D eigenvalue weighted by Crippen LogP contribution is 2.36. The lowest BCUT2D eigenvalue weighted by Crippen LogP contribution is -2.51. The van der Waals surface area contributed by atoms with Gasteiger partial charge in [-0.25, -0.2) is 4.57 Å². The number of para-hydroxylation sites is 1. The molecule has 110 valence electrons. The molecule has 0 saturated carbocycles. The minimum Gasteiger partial charge on any atom is -0.508 e. The summed E-state index contributed by atoms with van der Waals surface area (Å²) in [5, 5.41) is 25.8. The highest BCUT2D eigenvalue weighted by atomic mass is 31.2. The van der Waals surface area contributed by atoms with E-state index in [1.54, 1.807) is 24.3 Å². The molecule has 0 unspecified atom stereocenters. The van der Waals surface area contributed by atoms with Crippen molar-refractivity contribution in [2.45, 2.75) is 5.54 Å². The molecule has 0 spiro atoms. The number of benzene rings is 1. The Morgan fingerprint density at radius 2 is 1.63 bits per heavy atom. The number of phosphoric acid groups is 1. The molecular weight excluding hydrogens is 277 g/mol. The molecule has 0 aromatic heterocycles. The van der Waals surface area contributed by atoms with Crippen LogP contribution in [0.15, 0.2) is 30.3 Å². The lowest BCUT2D eigenvalue weighted by molar-refractivity contribution is 0.0648. The second-order valence-electron chi connectivity index (χ2n) is 3.78. The predicted molar refractivity (Wildman–Crippen MR) is 67.2 cm³/mol. The molecule has 1 aromatic rings. The Kier molecular flexibility index (Phi) is 7.81. The number of rotatable bonds is 5. The molecular formula is C10H18NO7P. The van der Waals surface area contributed by atoms with E-state index >= 15 is 0 Å². The Labute approximate surface area is 110 Å². The molecule has 19 heavy (non-hydrogen) atoms. The van der Waals surface area contributed by atoms with Gasteiger partial charge in [0.25, 0.3) is 0 Å². The van der Waals surface area contributed by atoms with Gasteiger partial charge in [-0.1, -0.05) is 18.2 Å². The number of phenols is 1. The van der Waals surface area contributed by atoms with Crippen molar-refractivity contribution in [3.63, 3.8) is 0 Å². The number of aromatic hydroxyl groups is 1. The fraction of sp³-hybridized carbons (Fsp3) is 0.400. The van der Waals surface area contributed by atoms with Gasteiger partial charge in [-0.3, -0.25) is 4.52 Å². The zero-order valence-electron chi connectivity index (χ0n) is 10.1. The van der Waals surface area contributed by atoms with Gasteiger partial charge in [0, 0.05) is 0 Å². The van der Waals surface area contributed by atoms with E-state index in [0.717, 1.165) is 0 Å². The van der Waals surface area contributed by atoms with Crippen molar-refractivity contribution in [3.05, 3.63) is 30.3 Å². The smallest absolute Gasteiger partial charge is 0.469 e. The van der Waals surface area contributed by atoms with Crippen molar-refractivity contribution in [3.8, 4) is 5.75 Å². The predicted octanol–water partition coefficient (Wildman–Crippen LogP) is -0.830. The standard InChI is InChI=1S/C6H6O.C4H12NO6P/c7-6-4-2-1-3-5-6;5-4(1-6,2-7)3-11-12(8,9)10/h1-5,7H;6-7H,1-3,5H2,(H2,8,9,10). The van der Waals surface area contributed by atoms with E-state index in [2.05, 4.69) is 4.52 Å². The summed E-state index contributed by atoms with van der Waals surface area (Å²) in [6.45, 7) is -1.85. The van der Waals surface area contributed by atoms with Crippen LogP contribution in [0.25, 0.3) is 0 Å². The first-order valence-electron chi connectivity index (χ1n) is 5.17. The fourth-order valence-electron chi connectivity index (χ4n) is 0.782. The summed E-state index contributed by atoms with van der Waals surface area (Å²) >= 11 is 0. The van der Waals surface area contributed by atoms with Crippen LogP contribution in [0.2, 0.25) is 0 Å². The van der Waals surface area contributed by atoms with Gasteiger partial charge in [0.1, 0.15) is 5.75 Å². The van der Waals surface area contributed by atoms with Crippen molar-refractivity contribution in [1.29, 1.82) is 0 Å². The summed E-state index contributed by atoms with van der Waals surface area (Å²) in [6, 6.07) is 8.71. The minimum atomic E-state index is -4.59. The van der Waals surface area contributed by atoms with Gasteiger partial charge in [-0.15, -0.1) is 0 Å². The van der Waals surface area contributed by atoms with E-state index in [4.69, 9.17) is 30.8 Å². The zero-order valence-corrected chi connectivity index (χ0v) is 11.0. The summed E-state index contributed by atoms with van der Waals surface area (Å²) in [7, 11) is -4.59. The molecule has 0 fully saturated rings. The van der Waals surface area contributed by atoms with Crippen LogP contribution >= 0.6 is 7.82 Å². The van der Waals surface area contributed by atoms with Crippen LogP contribution < -0.4 is 5.73 Å². The van der Waals surface area contributed by atoms with Gasteiger partial charge in [-0.05, 0) is 12.1 Å². The van der Waals surface area contributed by atoms with Crippen molar-refractivity contribution < 1.29 is 34.2 Å². The van der Waals surface area contributed by atoms with Gasteiger partial charge >= 0.3 is 7.82 Å². The maximum absolute atomic E-state index is 10.2. The molecule has 1 aromatic carbocycles. The van der Waals surface area contributed by atoms with Crippen LogP contribution in [0.1, 0.15) is 0 Å². The lowest BCUT2D eigenvalue weighted by Gasteiger charge is -2.23. The minimum absolute atomic E-state index is 0.322. The number of phenolic OH excluding ortho intramolecular Hbond substituents is 1. The third kappa shape index (κ3) is 9.57. The van der Waals surface area contributed by atoms with Crippen molar-refractivity contribution in [2.75, 3.05) is 19.8 Å². The van der Waals surface area contributed by atoms with Gasteiger partial charge < -0.3 is 30.8 Å². The highest BCUT2D eigenvalue weighted by molar-refractivity contribution is 7.46. The molecule has 0 radical (unpaired) electrons. The topological polar surface area (TPSA) is 153 Å². The second-order valence-corrected chi connectivity index (χ2v) is 5.02. The molecule has 1 rings (SSSR count). The van der Waals surface area contributed by atoms with Crippen LogP contribution in [-0.4, -0.2) is 50.5 Å². The van der Waals surface area contributed by atoms with E-state index in [1.165, 1.54) is 0 Å². The third-order valence-corrected chi connectivity index (χ3v) is 2.37. The summed E-state index contributed by atoms with van der Waals surface area (Å²) in [6.07, 6.45) is 0. The van der Waals surface area contributed by atoms with Crippen molar-refractivity contribution in [2.24, 2.45) is 5.73 Å². The zero-order chi connectivity index (χ0) is 14.9. The molecule has 0 aliphatic rings. The third-order valence-electron chi connectivity index (χ3n) is 1.91. The Morgan fingerprint density at radius 1 is 1.16 bits per heavy atom. The van der Waals surface area contributed by atoms with Gasteiger partial charge in [-0.2, -0.15) is 0 Å². The number of aliphatic hydroxyl groups is 2. The van der Waals surface area contributed by atoms with E-state index in [0.29, 0.717) is 5.75 Å². The van der Waals surface area contributed by atoms with Gasteiger partial charge in [0.15, 0.2) is 0 Å². The van der Waals surface area contributed by atoms with Crippen LogP contribution in [-0.2, 0) is 9.09 Å². The Balaban J connectivity index is 0.000000388. The second kappa shape index (κ2) is 8.23. The number of aliphatic hydroxyl groups excluding tert-OH is 2. The Morgan fingerprint density at radius 3 is 1.89 bits per heavy atom. The molecule has 0 aliphatic heterocycles. The number of phosphoric ester groups is 1. The van der Waals surface area contributed by atoms with Crippen LogP contribution in [0, 0.1) is 0 Å². The molecule has 0 aliphatic carbocycles. The van der Waals surface area contributed by atoms with E-state index in [-0.39, 0.29) is 0 Å². The first-order chi connectivity index (χ1) is 8.72. The number of nitrogens with two attached hydrogens (primary N) is 1. The van der Waals surface area contributed by atoms with Crippen LogP contribution in [0.4, 0.5) is 0 Å². The first kappa shape index (κ1) is 18.0. The van der Waals surface area contributed by atoms with E-state index in [1.807, 2.05) is 6.07 Å². The quantitative estimate of drug-likeness (QED) is 0.385. The maximum Gasteiger partial charge on any atom is 0.469 e. The average Bonchev–Trinajstić information content (AvgIpc) is 2.37. The van der Waals surface area contributed by atoms with Crippen LogP contribution in [0.3, 0.4) is 0 Å². The normalized spacial score (nSPS) is 11.6. The molecule has 9 heteroatoms. The number of hydrogen-bond acceptors (Lipinski definition) is 6. The molecule has 7 N–H and O–H groups in total. The molecule has 8 nitrogen and oxygen atoms in total. The van der Waals surface area contributed by atoms with E-state index in [9.17, 15) is 4.57 Å². The lowest BCUT2D eigenvalue weighted by atomic mass is 10.1. The largest absolute Gasteiger partial charge is 0.508 e. The molecule has 0 amide bonds. The molecule has 0 saturated heterocycles. The average molecular weight is 295 g/mol. The van der Waals surface area contributed by atoms with Gasteiger partial charge in [0.05, 0.1) is 25.4 Å². The summed E-state index contributed by atoms with van der Waals surface area (Å²) in [4.78, 5) is 16.5. The summed E-state index contributed by atoms with van der Waals surface area (Å²) < 4.78 is 14.2. The maximum atomic E-state index is 10.2. The first-order valence-corrected chi connectivity index (χ1v) is 6.70. The van der Waals surface area contributed by atoms with Crippen molar-refractivity contribution >= 4 is 7.82 Å². The van der Waals surface area contributed by atoms with Crippen molar-refractivity contribution in [1.82, 2.24) is 0 Å². The summed E-state index contributed by atoms with van der Waals surface area (Å²) in [5.41, 5.74) is 3.72.